The molecule has 0 saturated carbocycles. The van der Waals surface area contributed by atoms with Crippen molar-refractivity contribution in [2.24, 2.45) is 0 Å². The summed E-state index contributed by atoms with van der Waals surface area (Å²) < 4.78 is 0. The smallest absolute Gasteiger partial charge is 0.303 e. The van der Waals surface area contributed by atoms with E-state index in [4.69, 9.17) is 16.7 Å². The normalized spacial score (nSPS) is 9.95. The second-order valence-corrected chi connectivity index (χ2v) is 4.83. The van der Waals surface area contributed by atoms with E-state index < -0.39 is 5.97 Å². The molecule has 0 aromatic heterocycles. The van der Waals surface area contributed by atoms with Crippen molar-refractivity contribution in [3.8, 4) is 0 Å². The molecular weight excluding hydrogens is 296 g/mol. The topological polar surface area (TPSA) is 95.5 Å². The third-order valence-corrected chi connectivity index (χ3v) is 2.87. The molecule has 0 bridgehead atoms. The molecule has 1 aromatic rings. The first-order valence-electron chi connectivity index (χ1n) is 6.51. The lowest BCUT2D eigenvalue weighted by Crippen LogP contribution is -2.37. The average molecular weight is 313 g/mol. The summed E-state index contributed by atoms with van der Waals surface area (Å²) in [6, 6.07) is 6.42. The highest BCUT2D eigenvalue weighted by molar-refractivity contribution is 6.30. The summed E-state index contributed by atoms with van der Waals surface area (Å²) in [7, 11) is 0. The van der Waals surface area contributed by atoms with Crippen molar-refractivity contribution in [3.63, 3.8) is 0 Å². The van der Waals surface area contributed by atoms with Crippen LogP contribution in [0.4, 0.5) is 0 Å². The first-order valence-corrected chi connectivity index (χ1v) is 6.89. The van der Waals surface area contributed by atoms with E-state index >= 15 is 0 Å². The molecule has 0 unspecified atom stereocenters. The monoisotopic (exact) mass is 312 g/mol. The number of hydrogen-bond acceptors (Lipinski definition) is 3. The van der Waals surface area contributed by atoms with Crippen LogP contribution in [-0.4, -0.2) is 36.0 Å². The van der Waals surface area contributed by atoms with E-state index in [0.29, 0.717) is 30.0 Å². The fraction of sp³-hybridized carbons (Fsp3) is 0.357. The molecule has 114 valence electrons. The van der Waals surface area contributed by atoms with Gasteiger partial charge < -0.3 is 15.7 Å². The molecule has 1 aromatic carbocycles. The van der Waals surface area contributed by atoms with Gasteiger partial charge in [-0.05, 0) is 31.0 Å². The van der Waals surface area contributed by atoms with E-state index in [1.165, 1.54) is 6.07 Å². The zero-order chi connectivity index (χ0) is 15.7. The summed E-state index contributed by atoms with van der Waals surface area (Å²) in [6.45, 7) is 0.253. The van der Waals surface area contributed by atoms with E-state index in [1.54, 1.807) is 18.2 Å². The fourth-order valence-electron chi connectivity index (χ4n) is 1.58. The van der Waals surface area contributed by atoms with Gasteiger partial charge in [0.15, 0.2) is 0 Å². The highest BCUT2D eigenvalue weighted by Gasteiger charge is 2.08. The first kappa shape index (κ1) is 17.0. The SMILES string of the molecule is O=C(O)CCCCNC(=O)CNC(=O)c1cccc(Cl)c1. The van der Waals surface area contributed by atoms with Gasteiger partial charge in [0, 0.05) is 23.6 Å². The largest absolute Gasteiger partial charge is 0.481 e. The third kappa shape index (κ3) is 7.31. The first-order chi connectivity index (χ1) is 9.99. The van der Waals surface area contributed by atoms with Crippen molar-refractivity contribution in [1.29, 1.82) is 0 Å². The summed E-state index contributed by atoms with van der Waals surface area (Å²) in [5.74, 6) is -1.55. The summed E-state index contributed by atoms with van der Waals surface area (Å²) in [6.07, 6.45) is 1.17. The van der Waals surface area contributed by atoms with Crippen LogP contribution in [0.3, 0.4) is 0 Å². The van der Waals surface area contributed by atoms with E-state index in [9.17, 15) is 14.4 Å². The second-order valence-electron chi connectivity index (χ2n) is 4.39. The van der Waals surface area contributed by atoms with Gasteiger partial charge in [-0.2, -0.15) is 0 Å². The molecule has 0 saturated heterocycles. The van der Waals surface area contributed by atoms with E-state index in [1.807, 2.05) is 0 Å². The van der Waals surface area contributed by atoms with Crippen LogP contribution in [0.25, 0.3) is 0 Å². The van der Waals surface area contributed by atoms with Gasteiger partial charge in [-0.1, -0.05) is 17.7 Å². The van der Waals surface area contributed by atoms with E-state index in [-0.39, 0.29) is 24.8 Å². The zero-order valence-corrected chi connectivity index (χ0v) is 12.2. The van der Waals surface area contributed by atoms with Crippen LogP contribution in [0.5, 0.6) is 0 Å². The van der Waals surface area contributed by atoms with Crippen molar-refractivity contribution >= 4 is 29.4 Å². The summed E-state index contributed by atoms with van der Waals surface area (Å²) in [5.41, 5.74) is 0.386. The minimum atomic E-state index is -0.852. The maximum atomic E-state index is 11.7. The molecule has 21 heavy (non-hydrogen) atoms. The number of carbonyl (C=O) groups is 3. The summed E-state index contributed by atoms with van der Waals surface area (Å²) in [4.78, 5) is 33.5. The number of carbonyl (C=O) groups excluding carboxylic acids is 2. The van der Waals surface area contributed by atoms with Crippen molar-refractivity contribution in [3.05, 3.63) is 34.9 Å². The van der Waals surface area contributed by atoms with Gasteiger partial charge in [0.05, 0.1) is 6.54 Å². The molecule has 0 fully saturated rings. The van der Waals surface area contributed by atoms with Gasteiger partial charge in [-0.3, -0.25) is 14.4 Å². The van der Waals surface area contributed by atoms with Crippen LogP contribution in [0, 0.1) is 0 Å². The number of halogens is 1. The van der Waals surface area contributed by atoms with Crippen LogP contribution in [0.2, 0.25) is 5.02 Å². The Bertz CT molecular complexity index is 519. The maximum absolute atomic E-state index is 11.7. The Morgan fingerprint density at radius 1 is 1.14 bits per heavy atom. The molecule has 0 aliphatic heterocycles. The number of amides is 2. The molecule has 0 radical (unpaired) electrons. The molecule has 1 rings (SSSR count). The molecule has 6 nitrogen and oxygen atoms in total. The Morgan fingerprint density at radius 3 is 2.57 bits per heavy atom. The Labute approximate surface area is 127 Å². The van der Waals surface area contributed by atoms with Crippen LogP contribution in [-0.2, 0) is 9.59 Å². The standard InChI is InChI=1S/C14H17ClN2O4/c15-11-5-3-4-10(8-11)14(21)17-9-12(18)16-7-2-1-6-13(19)20/h3-5,8H,1-2,6-7,9H2,(H,16,18)(H,17,21)(H,19,20). The Kier molecular flexibility index (Phi) is 7.25. The Balaban J connectivity index is 2.21. The van der Waals surface area contributed by atoms with Gasteiger partial charge in [-0.15, -0.1) is 0 Å². The molecule has 0 aliphatic rings. The lowest BCUT2D eigenvalue weighted by Gasteiger charge is -2.07. The van der Waals surface area contributed by atoms with Gasteiger partial charge in [0.2, 0.25) is 5.91 Å². The Hall–Kier alpha value is -2.08. The zero-order valence-electron chi connectivity index (χ0n) is 11.4. The van der Waals surface area contributed by atoms with Crippen LogP contribution < -0.4 is 10.6 Å². The predicted octanol–water partition coefficient (Wildman–Crippen LogP) is 1.44. The predicted molar refractivity (Wildman–Crippen MR) is 78.3 cm³/mol. The highest BCUT2D eigenvalue weighted by Crippen LogP contribution is 2.10. The number of carboxylic acid groups (broad SMARTS) is 1. The second kappa shape index (κ2) is 8.97. The molecule has 0 heterocycles. The molecule has 3 N–H and O–H groups in total. The minimum absolute atomic E-state index is 0.0847. The van der Waals surface area contributed by atoms with Gasteiger partial charge in [0.25, 0.3) is 5.91 Å². The molecule has 0 atom stereocenters. The van der Waals surface area contributed by atoms with Crippen LogP contribution in [0.15, 0.2) is 24.3 Å². The van der Waals surface area contributed by atoms with Crippen LogP contribution >= 0.6 is 11.6 Å². The van der Waals surface area contributed by atoms with Gasteiger partial charge >= 0.3 is 5.97 Å². The van der Waals surface area contributed by atoms with Crippen molar-refractivity contribution in [2.75, 3.05) is 13.1 Å². The van der Waals surface area contributed by atoms with E-state index in [0.717, 1.165) is 0 Å². The number of benzene rings is 1. The highest BCUT2D eigenvalue weighted by atomic mass is 35.5. The lowest BCUT2D eigenvalue weighted by molar-refractivity contribution is -0.137. The van der Waals surface area contributed by atoms with Gasteiger partial charge in [0.1, 0.15) is 0 Å². The molecule has 0 spiro atoms. The molecule has 2 amide bonds. The molecular formula is C14H17ClN2O4. The number of carboxylic acids is 1. The van der Waals surface area contributed by atoms with E-state index in [2.05, 4.69) is 10.6 Å². The fourth-order valence-corrected chi connectivity index (χ4v) is 1.77. The third-order valence-electron chi connectivity index (χ3n) is 2.64. The number of unbranched alkanes of at least 4 members (excludes halogenated alkanes) is 1. The van der Waals surface area contributed by atoms with Crippen molar-refractivity contribution in [2.45, 2.75) is 19.3 Å². The van der Waals surface area contributed by atoms with Crippen LogP contribution in [0.1, 0.15) is 29.6 Å². The quantitative estimate of drug-likeness (QED) is 0.633. The maximum Gasteiger partial charge on any atom is 0.303 e. The summed E-state index contributed by atoms with van der Waals surface area (Å²) >= 11 is 5.77. The summed E-state index contributed by atoms with van der Waals surface area (Å²) in [5, 5.41) is 14.0. The average Bonchev–Trinajstić information content (AvgIpc) is 2.44. The van der Waals surface area contributed by atoms with Gasteiger partial charge in [-0.25, -0.2) is 0 Å². The number of nitrogens with one attached hydrogen (secondary N) is 2. The molecule has 7 heteroatoms. The minimum Gasteiger partial charge on any atom is -0.481 e. The lowest BCUT2D eigenvalue weighted by atomic mass is 10.2. The Morgan fingerprint density at radius 2 is 1.90 bits per heavy atom. The van der Waals surface area contributed by atoms with Crippen molar-refractivity contribution < 1.29 is 19.5 Å². The number of hydrogen-bond donors (Lipinski definition) is 3. The molecule has 0 aliphatic carbocycles. The number of aliphatic carboxylic acids is 1. The number of rotatable bonds is 8. The van der Waals surface area contributed by atoms with Crippen molar-refractivity contribution in [1.82, 2.24) is 10.6 Å².